The Morgan fingerprint density at radius 2 is 2.40 bits per heavy atom. The largest absolute Gasteiger partial charge is 0.299 e. The van der Waals surface area contributed by atoms with E-state index in [1.54, 1.807) is 0 Å². The van der Waals surface area contributed by atoms with Crippen molar-refractivity contribution in [2.75, 3.05) is 0 Å². The number of nitrogens with zero attached hydrogens (tertiary/aromatic N) is 1. The summed E-state index contributed by atoms with van der Waals surface area (Å²) in [6.45, 7) is 2.14. The number of carbonyl (C=O) groups is 1. The Hall–Kier alpha value is -1.18. The second-order valence-electron chi connectivity index (χ2n) is 4.27. The van der Waals surface area contributed by atoms with Gasteiger partial charge in [-0.25, -0.2) is 0 Å². The Labute approximate surface area is 90.7 Å². The molecule has 2 heteroatoms. The summed E-state index contributed by atoms with van der Waals surface area (Å²) < 4.78 is 0. The third kappa shape index (κ3) is 2.44. The van der Waals surface area contributed by atoms with Crippen LogP contribution in [0.25, 0.3) is 0 Å². The summed E-state index contributed by atoms with van der Waals surface area (Å²) >= 11 is 0. The van der Waals surface area contributed by atoms with E-state index in [0.717, 1.165) is 37.8 Å². The van der Waals surface area contributed by atoms with Crippen LogP contribution in [-0.4, -0.2) is 10.8 Å². The van der Waals surface area contributed by atoms with Gasteiger partial charge in [-0.3, -0.25) is 9.78 Å². The van der Waals surface area contributed by atoms with Gasteiger partial charge in [0.15, 0.2) is 0 Å². The van der Waals surface area contributed by atoms with Gasteiger partial charge in [0.1, 0.15) is 5.78 Å². The Morgan fingerprint density at radius 1 is 1.53 bits per heavy atom. The first-order chi connectivity index (χ1) is 7.29. The van der Waals surface area contributed by atoms with Crippen LogP contribution in [0.4, 0.5) is 0 Å². The fraction of sp³-hybridized carbons (Fsp3) is 0.538. The van der Waals surface area contributed by atoms with Crippen LogP contribution in [-0.2, 0) is 17.6 Å². The fourth-order valence-corrected chi connectivity index (χ4v) is 2.22. The Morgan fingerprint density at radius 3 is 3.07 bits per heavy atom. The Balaban J connectivity index is 2.06. The van der Waals surface area contributed by atoms with E-state index < -0.39 is 0 Å². The molecule has 1 fully saturated rings. The zero-order valence-electron chi connectivity index (χ0n) is 9.20. The van der Waals surface area contributed by atoms with Crippen LogP contribution in [0.15, 0.2) is 18.3 Å². The van der Waals surface area contributed by atoms with Gasteiger partial charge >= 0.3 is 0 Å². The lowest BCUT2D eigenvalue weighted by atomic mass is 9.99. The number of aromatic nitrogens is 1. The molecule has 0 aliphatic heterocycles. The highest BCUT2D eigenvalue weighted by atomic mass is 16.1. The van der Waals surface area contributed by atoms with Crippen molar-refractivity contribution < 1.29 is 4.79 Å². The molecule has 1 aromatic heterocycles. The SMILES string of the molecule is CCc1ccnc(CC2CCCC2=O)c1. The van der Waals surface area contributed by atoms with E-state index in [1.165, 1.54) is 5.56 Å². The van der Waals surface area contributed by atoms with Crippen LogP contribution >= 0.6 is 0 Å². The summed E-state index contributed by atoms with van der Waals surface area (Å²) in [5, 5.41) is 0. The summed E-state index contributed by atoms with van der Waals surface area (Å²) in [6, 6.07) is 4.17. The molecule has 1 aromatic rings. The van der Waals surface area contributed by atoms with Crippen molar-refractivity contribution in [3.05, 3.63) is 29.6 Å². The van der Waals surface area contributed by atoms with Crippen molar-refractivity contribution in [1.29, 1.82) is 0 Å². The third-order valence-corrected chi connectivity index (χ3v) is 3.18. The first kappa shape index (κ1) is 10.3. The second kappa shape index (κ2) is 4.56. The van der Waals surface area contributed by atoms with Gasteiger partial charge in [-0.05, 0) is 43.4 Å². The molecule has 15 heavy (non-hydrogen) atoms. The van der Waals surface area contributed by atoms with Crippen molar-refractivity contribution in [3.63, 3.8) is 0 Å². The minimum absolute atomic E-state index is 0.240. The van der Waals surface area contributed by atoms with E-state index in [4.69, 9.17) is 0 Å². The van der Waals surface area contributed by atoms with Crippen LogP contribution in [0.2, 0.25) is 0 Å². The molecule has 0 N–H and O–H groups in total. The van der Waals surface area contributed by atoms with Gasteiger partial charge in [0.05, 0.1) is 0 Å². The molecule has 0 bridgehead atoms. The molecule has 1 saturated carbocycles. The van der Waals surface area contributed by atoms with Gasteiger partial charge in [-0.2, -0.15) is 0 Å². The number of pyridine rings is 1. The van der Waals surface area contributed by atoms with E-state index in [-0.39, 0.29) is 5.92 Å². The number of Topliss-reactive ketones (excluding diaryl/α,β-unsaturated/α-hetero) is 1. The number of rotatable bonds is 3. The monoisotopic (exact) mass is 203 g/mol. The third-order valence-electron chi connectivity index (χ3n) is 3.18. The number of carbonyl (C=O) groups excluding carboxylic acids is 1. The highest BCUT2D eigenvalue weighted by Gasteiger charge is 2.24. The quantitative estimate of drug-likeness (QED) is 0.755. The van der Waals surface area contributed by atoms with Crippen molar-refractivity contribution >= 4 is 5.78 Å². The topological polar surface area (TPSA) is 30.0 Å². The molecule has 1 unspecified atom stereocenters. The Kier molecular flexibility index (Phi) is 3.14. The van der Waals surface area contributed by atoms with Gasteiger partial charge in [-0.1, -0.05) is 6.92 Å². The molecule has 0 radical (unpaired) electrons. The van der Waals surface area contributed by atoms with Gasteiger partial charge in [0.2, 0.25) is 0 Å². The van der Waals surface area contributed by atoms with Gasteiger partial charge < -0.3 is 0 Å². The predicted octanol–water partition coefficient (Wildman–Crippen LogP) is 2.56. The minimum Gasteiger partial charge on any atom is -0.299 e. The molecular weight excluding hydrogens is 186 g/mol. The van der Waals surface area contributed by atoms with E-state index in [1.807, 2.05) is 12.3 Å². The van der Waals surface area contributed by atoms with Crippen LogP contribution in [0, 0.1) is 5.92 Å². The molecule has 2 nitrogen and oxygen atoms in total. The maximum Gasteiger partial charge on any atom is 0.136 e. The number of ketones is 1. The van der Waals surface area contributed by atoms with Crippen molar-refractivity contribution in [2.45, 2.75) is 39.0 Å². The molecule has 80 valence electrons. The normalized spacial score (nSPS) is 20.9. The molecule has 1 atom stereocenters. The molecule has 0 amide bonds. The molecule has 1 aliphatic rings. The highest BCUT2D eigenvalue weighted by molar-refractivity contribution is 5.83. The zero-order chi connectivity index (χ0) is 10.7. The molecular formula is C13H17NO. The molecule has 0 aromatic carbocycles. The maximum absolute atomic E-state index is 11.5. The van der Waals surface area contributed by atoms with Crippen LogP contribution in [0.5, 0.6) is 0 Å². The molecule has 0 spiro atoms. The zero-order valence-corrected chi connectivity index (χ0v) is 9.20. The summed E-state index contributed by atoms with van der Waals surface area (Å²) in [7, 11) is 0. The summed E-state index contributed by atoms with van der Waals surface area (Å²) in [6.07, 6.45) is 6.63. The molecule has 0 saturated heterocycles. The molecule has 1 heterocycles. The fourth-order valence-electron chi connectivity index (χ4n) is 2.22. The minimum atomic E-state index is 0.240. The smallest absolute Gasteiger partial charge is 0.136 e. The first-order valence-corrected chi connectivity index (χ1v) is 5.76. The van der Waals surface area contributed by atoms with Gasteiger partial charge in [0, 0.05) is 24.2 Å². The predicted molar refractivity (Wildman–Crippen MR) is 59.7 cm³/mol. The van der Waals surface area contributed by atoms with Gasteiger partial charge in [-0.15, -0.1) is 0 Å². The van der Waals surface area contributed by atoms with Crippen molar-refractivity contribution in [3.8, 4) is 0 Å². The average molecular weight is 203 g/mol. The highest BCUT2D eigenvalue weighted by Crippen LogP contribution is 2.24. The molecule has 1 aliphatic carbocycles. The molecule has 2 rings (SSSR count). The lowest BCUT2D eigenvalue weighted by molar-refractivity contribution is -0.120. The van der Waals surface area contributed by atoms with E-state index in [2.05, 4.69) is 18.0 Å². The van der Waals surface area contributed by atoms with Crippen LogP contribution < -0.4 is 0 Å². The standard InChI is InChI=1S/C13H17NO/c1-2-10-6-7-14-12(8-10)9-11-4-3-5-13(11)15/h6-8,11H,2-5,9H2,1H3. The summed E-state index contributed by atoms with van der Waals surface area (Å²) in [5.41, 5.74) is 2.39. The van der Waals surface area contributed by atoms with E-state index in [9.17, 15) is 4.79 Å². The number of hydrogen-bond donors (Lipinski definition) is 0. The second-order valence-corrected chi connectivity index (χ2v) is 4.27. The average Bonchev–Trinajstić information content (AvgIpc) is 2.65. The summed E-state index contributed by atoms with van der Waals surface area (Å²) in [4.78, 5) is 15.8. The maximum atomic E-state index is 11.5. The Bertz CT molecular complexity index is 359. The summed E-state index contributed by atoms with van der Waals surface area (Å²) in [5.74, 6) is 0.670. The van der Waals surface area contributed by atoms with E-state index >= 15 is 0 Å². The van der Waals surface area contributed by atoms with Crippen molar-refractivity contribution in [1.82, 2.24) is 4.98 Å². The first-order valence-electron chi connectivity index (χ1n) is 5.76. The lowest BCUT2D eigenvalue weighted by Crippen LogP contribution is -2.10. The number of aryl methyl sites for hydroxylation is 1. The van der Waals surface area contributed by atoms with Crippen LogP contribution in [0.1, 0.15) is 37.4 Å². The van der Waals surface area contributed by atoms with Gasteiger partial charge in [0.25, 0.3) is 0 Å². The van der Waals surface area contributed by atoms with Crippen molar-refractivity contribution in [2.24, 2.45) is 5.92 Å². The van der Waals surface area contributed by atoms with Crippen LogP contribution in [0.3, 0.4) is 0 Å². The lowest BCUT2D eigenvalue weighted by Gasteiger charge is -2.07. The van der Waals surface area contributed by atoms with E-state index in [0.29, 0.717) is 5.78 Å². The number of hydrogen-bond acceptors (Lipinski definition) is 2.